The first-order chi connectivity index (χ1) is 7.74. The molecule has 0 aromatic carbocycles. The summed E-state index contributed by atoms with van der Waals surface area (Å²) in [5, 5.41) is 3.38. The quantitative estimate of drug-likeness (QED) is 0.558. The van der Waals surface area contributed by atoms with Crippen LogP contribution in [0.2, 0.25) is 0 Å². The molecule has 2 saturated carbocycles. The molecule has 0 aromatic rings. The Morgan fingerprint density at radius 3 is 2.50 bits per heavy atom. The van der Waals surface area contributed by atoms with Crippen molar-refractivity contribution in [3.63, 3.8) is 0 Å². The zero-order valence-electron chi connectivity index (χ0n) is 10.4. The maximum Gasteiger partial charge on any atom is 0.189 e. The molecule has 0 amide bonds. The zero-order chi connectivity index (χ0) is 11.4. The van der Waals surface area contributed by atoms with Gasteiger partial charge in [-0.2, -0.15) is 0 Å². The van der Waals surface area contributed by atoms with Crippen molar-refractivity contribution in [1.82, 2.24) is 5.32 Å². The number of hydrogen-bond acceptors (Lipinski definition) is 1. The van der Waals surface area contributed by atoms with E-state index in [0.29, 0.717) is 18.0 Å². The zero-order valence-corrected chi connectivity index (χ0v) is 10.4. The molecule has 3 heteroatoms. The Morgan fingerprint density at radius 2 is 1.88 bits per heavy atom. The molecule has 3 nitrogen and oxygen atoms in total. The summed E-state index contributed by atoms with van der Waals surface area (Å²) < 4.78 is 0. The van der Waals surface area contributed by atoms with E-state index < -0.39 is 0 Å². The minimum Gasteiger partial charge on any atom is -0.370 e. The van der Waals surface area contributed by atoms with Gasteiger partial charge in [0.15, 0.2) is 5.96 Å². The molecule has 0 aromatic heterocycles. The second kappa shape index (κ2) is 5.55. The molecule has 0 heterocycles. The van der Waals surface area contributed by atoms with E-state index in [1.54, 1.807) is 0 Å². The highest BCUT2D eigenvalue weighted by molar-refractivity contribution is 5.78. The Labute approximate surface area is 98.9 Å². The minimum atomic E-state index is 0.486. The van der Waals surface area contributed by atoms with Gasteiger partial charge in [-0.05, 0) is 38.0 Å². The third-order valence-corrected chi connectivity index (χ3v) is 3.94. The highest BCUT2D eigenvalue weighted by atomic mass is 15.1. The van der Waals surface area contributed by atoms with Gasteiger partial charge in [0.1, 0.15) is 0 Å². The maximum absolute atomic E-state index is 5.97. The van der Waals surface area contributed by atoms with Crippen molar-refractivity contribution in [2.45, 2.75) is 70.4 Å². The van der Waals surface area contributed by atoms with Crippen LogP contribution in [-0.2, 0) is 0 Å². The van der Waals surface area contributed by atoms with Crippen molar-refractivity contribution in [2.75, 3.05) is 0 Å². The number of guanidine groups is 1. The highest BCUT2D eigenvalue weighted by Crippen LogP contribution is 2.24. The van der Waals surface area contributed by atoms with Crippen LogP contribution >= 0.6 is 0 Å². The Kier molecular flexibility index (Phi) is 4.08. The van der Waals surface area contributed by atoms with Gasteiger partial charge in [0.05, 0.1) is 6.04 Å². The second-order valence-electron chi connectivity index (χ2n) is 5.57. The van der Waals surface area contributed by atoms with Crippen molar-refractivity contribution >= 4 is 5.96 Å². The molecule has 0 radical (unpaired) electrons. The smallest absolute Gasteiger partial charge is 0.189 e. The van der Waals surface area contributed by atoms with Crippen molar-refractivity contribution < 1.29 is 0 Å². The molecule has 2 aliphatic carbocycles. The number of hydrogen-bond donors (Lipinski definition) is 2. The highest BCUT2D eigenvalue weighted by Gasteiger charge is 2.21. The first-order valence-electron chi connectivity index (χ1n) is 6.84. The van der Waals surface area contributed by atoms with E-state index in [-0.39, 0.29) is 0 Å². The first kappa shape index (κ1) is 11.7. The Bertz CT molecular complexity index is 244. The van der Waals surface area contributed by atoms with Crippen LogP contribution in [0.1, 0.15) is 58.3 Å². The fourth-order valence-electron chi connectivity index (χ4n) is 2.99. The summed E-state index contributed by atoms with van der Waals surface area (Å²) in [6, 6.07) is 1.06. The van der Waals surface area contributed by atoms with Crippen molar-refractivity contribution in [3.8, 4) is 0 Å². The van der Waals surface area contributed by atoms with Gasteiger partial charge in [-0.1, -0.05) is 26.2 Å². The van der Waals surface area contributed by atoms with Gasteiger partial charge in [0.25, 0.3) is 0 Å². The lowest BCUT2D eigenvalue weighted by molar-refractivity contribution is 0.441. The lowest BCUT2D eigenvalue weighted by atomic mass is 9.96. The summed E-state index contributed by atoms with van der Waals surface area (Å²) >= 11 is 0. The van der Waals surface area contributed by atoms with Gasteiger partial charge in [-0.3, -0.25) is 4.99 Å². The van der Waals surface area contributed by atoms with Crippen molar-refractivity contribution in [1.29, 1.82) is 0 Å². The van der Waals surface area contributed by atoms with Crippen LogP contribution in [0.25, 0.3) is 0 Å². The van der Waals surface area contributed by atoms with Crippen LogP contribution in [0.4, 0.5) is 0 Å². The molecule has 2 unspecified atom stereocenters. The summed E-state index contributed by atoms with van der Waals surface area (Å²) in [7, 11) is 0. The molecule has 0 bridgehead atoms. The Hall–Kier alpha value is -0.730. The molecular formula is C13H25N3. The van der Waals surface area contributed by atoms with E-state index in [9.17, 15) is 0 Å². The summed E-state index contributed by atoms with van der Waals surface area (Å²) in [4.78, 5) is 4.61. The minimum absolute atomic E-state index is 0.486. The van der Waals surface area contributed by atoms with E-state index in [0.717, 1.165) is 5.92 Å². The molecule has 0 aliphatic heterocycles. The van der Waals surface area contributed by atoms with E-state index in [2.05, 4.69) is 17.2 Å². The molecule has 92 valence electrons. The van der Waals surface area contributed by atoms with Gasteiger partial charge in [0, 0.05) is 6.04 Å². The summed E-state index contributed by atoms with van der Waals surface area (Å²) in [6.45, 7) is 2.32. The number of nitrogens with two attached hydrogens (primary N) is 1. The summed E-state index contributed by atoms with van der Waals surface area (Å²) in [5.41, 5.74) is 5.97. The fraction of sp³-hybridized carbons (Fsp3) is 0.923. The summed E-state index contributed by atoms with van der Waals surface area (Å²) in [6.07, 6.45) is 10.3. The SMILES string of the molecule is CC1CCC(NC(N)=NC2CCCCC2)C1. The van der Waals surface area contributed by atoms with Gasteiger partial charge in [0.2, 0.25) is 0 Å². The molecular weight excluding hydrogens is 198 g/mol. The fourth-order valence-corrected chi connectivity index (χ4v) is 2.99. The molecule has 2 aliphatic rings. The van der Waals surface area contributed by atoms with Crippen LogP contribution < -0.4 is 11.1 Å². The van der Waals surface area contributed by atoms with Gasteiger partial charge in [-0.25, -0.2) is 0 Å². The Morgan fingerprint density at radius 1 is 1.12 bits per heavy atom. The molecule has 2 atom stereocenters. The number of rotatable bonds is 2. The second-order valence-corrected chi connectivity index (χ2v) is 5.57. The van der Waals surface area contributed by atoms with Crippen LogP contribution in [0.5, 0.6) is 0 Å². The van der Waals surface area contributed by atoms with Gasteiger partial charge < -0.3 is 11.1 Å². The van der Waals surface area contributed by atoms with Crippen LogP contribution in [0, 0.1) is 5.92 Å². The Balaban J connectivity index is 1.77. The predicted molar refractivity (Wildman–Crippen MR) is 68.4 cm³/mol. The van der Waals surface area contributed by atoms with Crippen molar-refractivity contribution in [3.05, 3.63) is 0 Å². The van der Waals surface area contributed by atoms with E-state index >= 15 is 0 Å². The third kappa shape index (κ3) is 3.39. The molecule has 16 heavy (non-hydrogen) atoms. The predicted octanol–water partition coefficient (Wildman–Crippen LogP) is 2.41. The van der Waals surface area contributed by atoms with Gasteiger partial charge >= 0.3 is 0 Å². The summed E-state index contributed by atoms with van der Waals surface area (Å²) in [5.74, 6) is 1.53. The molecule has 3 N–H and O–H groups in total. The largest absolute Gasteiger partial charge is 0.370 e. The van der Waals surface area contributed by atoms with Crippen molar-refractivity contribution in [2.24, 2.45) is 16.6 Å². The number of nitrogens with one attached hydrogen (secondary N) is 1. The molecule has 2 rings (SSSR count). The average Bonchev–Trinajstić information content (AvgIpc) is 2.65. The molecule has 0 saturated heterocycles. The normalized spacial score (nSPS) is 32.9. The number of nitrogens with zero attached hydrogens (tertiary/aromatic N) is 1. The molecule has 2 fully saturated rings. The van der Waals surface area contributed by atoms with E-state index in [1.807, 2.05) is 0 Å². The van der Waals surface area contributed by atoms with Gasteiger partial charge in [-0.15, -0.1) is 0 Å². The lowest BCUT2D eigenvalue weighted by Gasteiger charge is -2.20. The third-order valence-electron chi connectivity index (χ3n) is 3.94. The monoisotopic (exact) mass is 223 g/mol. The number of aliphatic imine (C=N–C) groups is 1. The maximum atomic E-state index is 5.97. The van der Waals surface area contributed by atoms with Crippen LogP contribution in [0.15, 0.2) is 4.99 Å². The van der Waals surface area contributed by atoms with Crippen LogP contribution in [-0.4, -0.2) is 18.0 Å². The average molecular weight is 223 g/mol. The van der Waals surface area contributed by atoms with E-state index in [4.69, 9.17) is 5.73 Å². The van der Waals surface area contributed by atoms with Crippen LogP contribution in [0.3, 0.4) is 0 Å². The molecule has 0 spiro atoms. The first-order valence-corrected chi connectivity index (χ1v) is 6.84. The standard InChI is InChI=1S/C13H25N3/c1-10-7-8-12(9-10)16-13(14)15-11-5-3-2-4-6-11/h10-12H,2-9H2,1H3,(H3,14,15,16). The van der Waals surface area contributed by atoms with E-state index in [1.165, 1.54) is 51.4 Å². The topological polar surface area (TPSA) is 50.4 Å². The lowest BCUT2D eigenvalue weighted by Crippen LogP contribution is -2.39.